The molecule has 1 atom stereocenters. The van der Waals surface area contributed by atoms with Crippen LogP contribution >= 0.6 is 0 Å². The lowest BCUT2D eigenvalue weighted by atomic mass is 10.1. The molecule has 3 rings (SSSR count). The van der Waals surface area contributed by atoms with Gasteiger partial charge in [-0.3, -0.25) is 4.79 Å². The first-order chi connectivity index (χ1) is 14.2. The lowest BCUT2D eigenvalue weighted by Gasteiger charge is -2.18. The molecule has 6 nitrogen and oxygen atoms in total. The molecule has 30 heavy (non-hydrogen) atoms. The van der Waals surface area contributed by atoms with Gasteiger partial charge in [0.25, 0.3) is 5.91 Å². The highest BCUT2D eigenvalue weighted by atomic mass is 19.4. The van der Waals surface area contributed by atoms with E-state index in [1.165, 1.54) is 19.1 Å². The molecule has 9 heteroatoms. The number of nitrogens with zero attached hydrogens (tertiary/aromatic N) is 1. The van der Waals surface area contributed by atoms with Crippen LogP contribution < -0.4 is 5.32 Å². The molecule has 1 N–H and O–H groups in total. The second-order valence-electron chi connectivity index (χ2n) is 6.46. The Bertz CT molecular complexity index is 1040. The molecule has 0 spiro atoms. The maximum Gasteiger partial charge on any atom is 0.416 e. The molecular formula is C21H17F3N2O4. The van der Waals surface area contributed by atoms with Gasteiger partial charge >= 0.3 is 12.1 Å². The summed E-state index contributed by atoms with van der Waals surface area (Å²) in [6.45, 7) is 3.07. The minimum atomic E-state index is -4.56. The Labute approximate surface area is 169 Å². The SMILES string of the molecule is Cc1noc(C)c1C(=O)O[C@@H](C(=O)Nc1cccc(C(F)(F)F)c1)c1ccccc1. The molecule has 0 bridgehead atoms. The second kappa shape index (κ2) is 8.40. The van der Waals surface area contributed by atoms with Gasteiger partial charge in [-0.15, -0.1) is 0 Å². The summed E-state index contributed by atoms with van der Waals surface area (Å²) in [7, 11) is 0. The van der Waals surface area contributed by atoms with E-state index in [-0.39, 0.29) is 17.0 Å². The van der Waals surface area contributed by atoms with Crippen molar-refractivity contribution in [1.29, 1.82) is 0 Å². The van der Waals surface area contributed by atoms with Gasteiger partial charge in [0.2, 0.25) is 6.10 Å². The number of carbonyl (C=O) groups excluding carboxylic acids is 2. The molecule has 0 aliphatic heterocycles. The highest BCUT2D eigenvalue weighted by Gasteiger charge is 2.32. The molecule has 1 aromatic heterocycles. The van der Waals surface area contributed by atoms with Gasteiger partial charge in [0.15, 0.2) is 0 Å². The normalized spacial score (nSPS) is 12.3. The number of nitrogens with one attached hydrogen (secondary N) is 1. The van der Waals surface area contributed by atoms with E-state index in [0.717, 1.165) is 12.1 Å². The van der Waals surface area contributed by atoms with Crippen LogP contribution in [0, 0.1) is 13.8 Å². The van der Waals surface area contributed by atoms with E-state index in [2.05, 4.69) is 10.5 Å². The predicted molar refractivity (Wildman–Crippen MR) is 101 cm³/mol. The quantitative estimate of drug-likeness (QED) is 0.600. The lowest BCUT2D eigenvalue weighted by molar-refractivity contribution is -0.137. The molecule has 2 aromatic carbocycles. The Kier molecular flexibility index (Phi) is 5.91. The van der Waals surface area contributed by atoms with E-state index in [1.807, 2.05) is 0 Å². The van der Waals surface area contributed by atoms with Gasteiger partial charge in [-0.05, 0) is 32.0 Å². The Morgan fingerprint density at radius 3 is 2.37 bits per heavy atom. The van der Waals surface area contributed by atoms with E-state index < -0.39 is 29.7 Å². The molecule has 0 saturated heterocycles. The summed E-state index contributed by atoms with van der Waals surface area (Å²) >= 11 is 0. The van der Waals surface area contributed by atoms with E-state index in [1.54, 1.807) is 37.3 Å². The highest BCUT2D eigenvalue weighted by molar-refractivity contribution is 5.98. The van der Waals surface area contributed by atoms with Crippen molar-refractivity contribution >= 4 is 17.6 Å². The molecule has 0 radical (unpaired) electrons. The van der Waals surface area contributed by atoms with Crippen molar-refractivity contribution in [1.82, 2.24) is 5.16 Å². The maximum absolute atomic E-state index is 12.9. The monoisotopic (exact) mass is 418 g/mol. The van der Waals surface area contributed by atoms with Crippen LogP contribution in [0.3, 0.4) is 0 Å². The van der Waals surface area contributed by atoms with Crippen molar-refractivity contribution in [3.8, 4) is 0 Å². The van der Waals surface area contributed by atoms with E-state index in [4.69, 9.17) is 9.26 Å². The molecule has 0 aliphatic rings. The Balaban J connectivity index is 1.88. The fraction of sp³-hybridized carbons (Fsp3) is 0.190. The van der Waals surface area contributed by atoms with Gasteiger partial charge in [-0.25, -0.2) is 4.79 Å². The highest BCUT2D eigenvalue weighted by Crippen LogP contribution is 2.31. The van der Waals surface area contributed by atoms with Gasteiger partial charge in [-0.1, -0.05) is 41.6 Å². The standard InChI is InChI=1S/C21H17F3N2O4/c1-12-17(13(2)30-26-12)20(28)29-18(14-7-4-3-5-8-14)19(27)25-16-10-6-9-15(11-16)21(22,23)24/h3-11,18H,1-2H3,(H,25,27)/t18-/m1/s1. The van der Waals surface area contributed by atoms with E-state index in [0.29, 0.717) is 11.3 Å². The first-order valence-corrected chi connectivity index (χ1v) is 8.83. The van der Waals surface area contributed by atoms with Crippen molar-refractivity contribution in [2.75, 3.05) is 5.32 Å². The van der Waals surface area contributed by atoms with Crippen molar-refractivity contribution < 1.29 is 32.0 Å². The zero-order valence-electron chi connectivity index (χ0n) is 16.0. The van der Waals surface area contributed by atoms with Crippen LogP contribution in [0.2, 0.25) is 0 Å². The summed E-state index contributed by atoms with van der Waals surface area (Å²) < 4.78 is 49.2. The third-order valence-electron chi connectivity index (χ3n) is 4.26. The van der Waals surface area contributed by atoms with Gasteiger partial charge in [0.05, 0.1) is 11.3 Å². The molecule has 156 valence electrons. The number of rotatable bonds is 5. The van der Waals surface area contributed by atoms with Crippen LogP contribution in [0.5, 0.6) is 0 Å². The Hall–Kier alpha value is -3.62. The van der Waals surface area contributed by atoms with Crippen molar-refractivity contribution in [2.45, 2.75) is 26.1 Å². The van der Waals surface area contributed by atoms with Gasteiger partial charge < -0.3 is 14.6 Å². The molecule has 1 amide bonds. The molecule has 3 aromatic rings. The summed E-state index contributed by atoms with van der Waals surface area (Å²) in [5, 5.41) is 6.06. The predicted octanol–water partition coefficient (Wildman–Crippen LogP) is 4.85. The summed E-state index contributed by atoms with van der Waals surface area (Å²) in [6, 6.07) is 12.3. The first kappa shape index (κ1) is 21.1. The fourth-order valence-corrected chi connectivity index (χ4v) is 2.82. The first-order valence-electron chi connectivity index (χ1n) is 8.83. The number of amides is 1. The molecule has 0 unspecified atom stereocenters. The number of alkyl halides is 3. The van der Waals surface area contributed by atoms with Gasteiger partial charge in [-0.2, -0.15) is 13.2 Å². The van der Waals surface area contributed by atoms with E-state index in [9.17, 15) is 22.8 Å². The lowest BCUT2D eigenvalue weighted by Crippen LogP contribution is -2.26. The number of esters is 1. The van der Waals surface area contributed by atoms with Gasteiger partial charge in [0.1, 0.15) is 11.3 Å². The number of hydrogen-bond donors (Lipinski definition) is 1. The van der Waals surface area contributed by atoms with Crippen LogP contribution in [0.1, 0.15) is 39.0 Å². The van der Waals surface area contributed by atoms with Crippen molar-refractivity contribution in [3.05, 3.63) is 82.7 Å². The Morgan fingerprint density at radius 1 is 1.07 bits per heavy atom. The summed E-state index contributed by atoms with van der Waals surface area (Å²) in [5.74, 6) is -1.41. The number of aromatic nitrogens is 1. The number of anilines is 1. The largest absolute Gasteiger partial charge is 0.444 e. The number of aryl methyl sites for hydroxylation is 2. The number of hydrogen-bond acceptors (Lipinski definition) is 5. The third kappa shape index (κ3) is 4.68. The number of halogens is 3. The summed E-state index contributed by atoms with van der Waals surface area (Å²) in [4.78, 5) is 25.5. The smallest absolute Gasteiger partial charge is 0.416 e. The van der Waals surface area contributed by atoms with Crippen LogP contribution in [-0.4, -0.2) is 17.0 Å². The fourth-order valence-electron chi connectivity index (χ4n) is 2.82. The summed E-state index contributed by atoms with van der Waals surface area (Å²) in [5.41, 5.74) is -0.263. The number of carbonyl (C=O) groups is 2. The Morgan fingerprint density at radius 2 is 1.77 bits per heavy atom. The van der Waals surface area contributed by atoms with Crippen molar-refractivity contribution in [3.63, 3.8) is 0 Å². The minimum absolute atomic E-state index is 0.0795. The summed E-state index contributed by atoms with van der Waals surface area (Å²) in [6.07, 6.45) is -5.96. The second-order valence-corrected chi connectivity index (χ2v) is 6.46. The van der Waals surface area contributed by atoms with E-state index >= 15 is 0 Å². The minimum Gasteiger partial charge on any atom is -0.444 e. The van der Waals surface area contributed by atoms with Crippen LogP contribution in [-0.2, 0) is 15.7 Å². The third-order valence-corrected chi connectivity index (χ3v) is 4.26. The maximum atomic E-state index is 12.9. The molecule has 0 saturated carbocycles. The molecule has 0 fully saturated rings. The molecular weight excluding hydrogens is 401 g/mol. The van der Waals surface area contributed by atoms with Crippen LogP contribution in [0.15, 0.2) is 59.1 Å². The van der Waals surface area contributed by atoms with Crippen molar-refractivity contribution in [2.24, 2.45) is 0 Å². The van der Waals surface area contributed by atoms with Crippen LogP contribution in [0.25, 0.3) is 0 Å². The average molecular weight is 418 g/mol. The molecule has 1 heterocycles. The zero-order valence-corrected chi connectivity index (χ0v) is 16.0. The number of ether oxygens (including phenoxy) is 1. The zero-order chi connectivity index (χ0) is 21.9. The number of benzene rings is 2. The topological polar surface area (TPSA) is 81.4 Å². The average Bonchev–Trinajstić information content (AvgIpc) is 3.04. The van der Waals surface area contributed by atoms with Gasteiger partial charge in [0, 0.05) is 11.3 Å². The van der Waals surface area contributed by atoms with Crippen LogP contribution in [0.4, 0.5) is 18.9 Å². The molecule has 0 aliphatic carbocycles.